The van der Waals surface area contributed by atoms with Crippen LogP contribution >= 0.6 is 0 Å². The zero-order valence-corrected chi connectivity index (χ0v) is 12.4. The van der Waals surface area contributed by atoms with Gasteiger partial charge in [-0.25, -0.2) is 0 Å². The van der Waals surface area contributed by atoms with Crippen LogP contribution < -0.4 is 10.3 Å². The summed E-state index contributed by atoms with van der Waals surface area (Å²) >= 11 is 0. The molecule has 0 aliphatic carbocycles. The van der Waals surface area contributed by atoms with Crippen molar-refractivity contribution in [2.45, 2.75) is 13.5 Å². The lowest BCUT2D eigenvalue weighted by Gasteiger charge is -2.09. The number of ether oxygens (including phenoxy) is 1. The van der Waals surface area contributed by atoms with E-state index in [0.717, 1.165) is 22.6 Å². The molecule has 3 heteroatoms. The Morgan fingerprint density at radius 2 is 1.64 bits per heavy atom. The molecule has 0 amide bonds. The van der Waals surface area contributed by atoms with Crippen molar-refractivity contribution in [2.24, 2.45) is 0 Å². The first kappa shape index (κ1) is 14.1. The Bertz CT molecular complexity index is 805. The van der Waals surface area contributed by atoms with Crippen molar-refractivity contribution in [3.63, 3.8) is 0 Å². The summed E-state index contributed by atoms with van der Waals surface area (Å²) in [6, 6.07) is 21.0. The third kappa shape index (κ3) is 3.26. The van der Waals surface area contributed by atoms with E-state index in [1.54, 1.807) is 10.6 Å². The van der Waals surface area contributed by atoms with Gasteiger partial charge in [-0.15, -0.1) is 0 Å². The van der Waals surface area contributed by atoms with Gasteiger partial charge in [0.05, 0.1) is 0 Å². The highest BCUT2D eigenvalue weighted by atomic mass is 16.5. The van der Waals surface area contributed by atoms with Gasteiger partial charge in [-0.2, -0.15) is 0 Å². The minimum absolute atomic E-state index is 0.0384. The molecule has 3 aromatic rings. The van der Waals surface area contributed by atoms with Crippen LogP contribution in [0.15, 0.2) is 77.7 Å². The van der Waals surface area contributed by atoms with Gasteiger partial charge in [-0.1, -0.05) is 36.4 Å². The summed E-state index contributed by atoms with van der Waals surface area (Å²) in [5, 5.41) is 0. The molecule has 0 spiro atoms. The van der Waals surface area contributed by atoms with E-state index in [0.29, 0.717) is 6.61 Å². The van der Waals surface area contributed by atoms with Crippen LogP contribution in [0.2, 0.25) is 0 Å². The highest BCUT2D eigenvalue weighted by Crippen LogP contribution is 2.16. The second kappa shape index (κ2) is 6.31. The standard InChI is InChI=1S/C19H17NO2/c1-15-7-12-19(21)20(13-15)17-8-10-18(11-9-17)22-14-16-5-3-2-4-6-16/h2-13H,14H2,1H3. The molecule has 0 bridgehead atoms. The molecule has 3 nitrogen and oxygen atoms in total. The molecule has 0 radical (unpaired) electrons. The Balaban J connectivity index is 1.75. The smallest absolute Gasteiger partial charge is 0.255 e. The van der Waals surface area contributed by atoms with Crippen LogP contribution in [-0.2, 0) is 6.61 Å². The van der Waals surface area contributed by atoms with Crippen LogP contribution in [0.5, 0.6) is 5.75 Å². The molecule has 22 heavy (non-hydrogen) atoms. The highest BCUT2D eigenvalue weighted by Gasteiger charge is 2.01. The molecular formula is C19H17NO2. The van der Waals surface area contributed by atoms with Crippen molar-refractivity contribution in [3.05, 3.63) is 94.4 Å². The number of aryl methyl sites for hydroxylation is 1. The van der Waals surface area contributed by atoms with E-state index in [1.807, 2.05) is 73.8 Å². The van der Waals surface area contributed by atoms with Crippen molar-refractivity contribution < 1.29 is 4.74 Å². The number of hydrogen-bond donors (Lipinski definition) is 0. The fourth-order valence-electron chi connectivity index (χ4n) is 2.24. The van der Waals surface area contributed by atoms with Gasteiger partial charge in [0.25, 0.3) is 5.56 Å². The monoisotopic (exact) mass is 291 g/mol. The van der Waals surface area contributed by atoms with Crippen LogP contribution in [-0.4, -0.2) is 4.57 Å². The predicted molar refractivity (Wildman–Crippen MR) is 87.6 cm³/mol. The van der Waals surface area contributed by atoms with Gasteiger partial charge in [-0.3, -0.25) is 9.36 Å². The number of rotatable bonds is 4. The van der Waals surface area contributed by atoms with Crippen LogP contribution in [0, 0.1) is 6.92 Å². The number of pyridine rings is 1. The molecule has 0 unspecified atom stereocenters. The topological polar surface area (TPSA) is 31.2 Å². The van der Waals surface area contributed by atoms with Crippen molar-refractivity contribution in [2.75, 3.05) is 0 Å². The molecule has 0 aliphatic heterocycles. The van der Waals surface area contributed by atoms with Gasteiger partial charge in [-0.05, 0) is 42.3 Å². The Kier molecular flexibility index (Phi) is 4.05. The Morgan fingerprint density at radius 3 is 2.36 bits per heavy atom. The van der Waals surface area contributed by atoms with Crippen LogP contribution in [0.1, 0.15) is 11.1 Å². The van der Waals surface area contributed by atoms with Crippen molar-refractivity contribution in [1.82, 2.24) is 4.57 Å². The van der Waals surface area contributed by atoms with E-state index in [9.17, 15) is 4.79 Å². The molecule has 110 valence electrons. The van der Waals surface area contributed by atoms with Gasteiger partial charge in [0.2, 0.25) is 0 Å². The second-order valence-corrected chi connectivity index (χ2v) is 5.18. The molecule has 0 saturated carbocycles. The van der Waals surface area contributed by atoms with Gasteiger partial charge < -0.3 is 4.74 Å². The zero-order valence-electron chi connectivity index (χ0n) is 12.4. The lowest BCUT2D eigenvalue weighted by Crippen LogP contribution is -2.16. The number of hydrogen-bond acceptors (Lipinski definition) is 2. The van der Waals surface area contributed by atoms with E-state index in [4.69, 9.17) is 4.74 Å². The molecule has 0 saturated heterocycles. The quantitative estimate of drug-likeness (QED) is 0.733. The fraction of sp³-hybridized carbons (Fsp3) is 0.105. The molecule has 0 fully saturated rings. The first-order valence-electron chi connectivity index (χ1n) is 7.19. The minimum Gasteiger partial charge on any atom is -0.489 e. The van der Waals surface area contributed by atoms with E-state index < -0.39 is 0 Å². The minimum atomic E-state index is -0.0384. The van der Waals surface area contributed by atoms with Crippen molar-refractivity contribution >= 4 is 0 Å². The Morgan fingerprint density at radius 1 is 0.909 bits per heavy atom. The second-order valence-electron chi connectivity index (χ2n) is 5.18. The molecule has 1 heterocycles. The first-order valence-corrected chi connectivity index (χ1v) is 7.19. The summed E-state index contributed by atoms with van der Waals surface area (Å²) in [6.07, 6.45) is 1.84. The maximum atomic E-state index is 11.9. The molecule has 2 aromatic carbocycles. The van der Waals surface area contributed by atoms with Crippen molar-refractivity contribution in [1.29, 1.82) is 0 Å². The third-order valence-electron chi connectivity index (χ3n) is 3.42. The van der Waals surface area contributed by atoms with Gasteiger partial charge in [0.1, 0.15) is 12.4 Å². The summed E-state index contributed by atoms with van der Waals surface area (Å²) in [6.45, 7) is 2.50. The number of nitrogens with zero attached hydrogens (tertiary/aromatic N) is 1. The summed E-state index contributed by atoms with van der Waals surface area (Å²) < 4.78 is 7.38. The molecular weight excluding hydrogens is 274 g/mol. The highest BCUT2D eigenvalue weighted by molar-refractivity contribution is 5.38. The normalized spacial score (nSPS) is 10.4. The SMILES string of the molecule is Cc1ccc(=O)n(-c2ccc(OCc3ccccc3)cc2)c1. The van der Waals surface area contributed by atoms with E-state index >= 15 is 0 Å². The van der Waals surface area contributed by atoms with E-state index in [1.165, 1.54) is 0 Å². The largest absolute Gasteiger partial charge is 0.489 e. The molecule has 3 rings (SSSR count). The van der Waals surface area contributed by atoms with E-state index in [-0.39, 0.29) is 5.56 Å². The van der Waals surface area contributed by atoms with Crippen molar-refractivity contribution in [3.8, 4) is 11.4 Å². The third-order valence-corrected chi connectivity index (χ3v) is 3.42. The van der Waals surface area contributed by atoms with E-state index in [2.05, 4.69) is 0 Å². The van der Waals surface area contributed by atoms with Crippen LogP contribution in [0.4, 0.5) is 0 Å². The lowest BCUT2D eigenvalue weighted by molar-refractivity contribution is 0.306. The van der Waals surface area contributed by atoms with Gasteiger partial charge in [0.15, 0.2) is 0 Å². The summed E-state index contributed by atoms with van der Waals surface area (Å²) in [4.78, 5) is 11.9. The molecule has 0 atom stereocenters. The van der Waals surface area contributed by atoms with Crippen LogP contribution in [0.3, 0.4) is 0 Å². The first-order chi connectivity index (χ1) is 10.7. The zero-order chi connectivity index (χ0) is 15.4. The molecule has 0 N–H and O–H groups in total. The Hall–Kier alpha value is -2.81. The van der Waals surface area contributed by atoms with Gasteiger partial charge in [0, 0.05) is 18.0 Å². The average Bonchev–Trinajstić information content (AvgIpc) is 2.57. The summed E-state index contributed by atoms with van der Waals surface area (Å²) in [5.41, 5.74) is 2.97. The predicted octanol–water partition coefficient (Wildman–Crippen LogP) is 3.72. The average molecular weight is 291 g/mol. The Labute approximate surface area is 129 Å². The maximum Gasteiger partial charge on any atom is 0.255 e. The maximum absolute atomic E-state index is 11.9. The fourth-order valence-corrected chi connectivity index (χ4v) is 2.24. The molecule has 1 aromatic heterocycles. The number of aromatic nitrogens is 1. The number of benzene rings is 2. The molecule has 0 aliphatic rings. The van der Waals surface area contributed by atoms with Crippen LogP contribution in [0.25, 0.3) is 5.69 Å². The summed E-state index contributed by atoms with van der Waals surface area (Å²) in [5.74, 6) is 0.785. The summed E-state index contributed by atoms with van der Waals surface area (Å²) in [7, 11) is 0. The lowest BCUT2D eigenvalue weighted by atomic mass is 10.2. The van der Waals surface area contributed by atoms with Gasteiger partial charge >= 0.3 is 0 Å².